The Balaban J connectivity index is 2.19. The summed E-state index contributed by atoms with van der Waals surface area (Å²) >= 11 is 0. The van der Waals surface area contributed by atoms with Crippen LogP contribution in [0.1, 0.15) is 65.2 Å². The molecule has 0 aromatic heterocycles. The molecule has 2 unspecified atom stereocenters. The molecule has 1 aliphatic rings. The number of hydrogen-bond acceptors (Lipinski definition) is 2. The molecule has 0 radical (unpaired) electrons. The van der Waals surface area contributed by atoms with Crippen molar-refractivity contribution >= 4 is 5.78 Å². The Morgan fingerprint density at radius 1 is 1.44 bits per heavy atom. The second-order valence-electron chi connectivity index (χ2n) is 5.16. The van der Waals surface area contributed by atoms with Gasteiger partial charge in [-0.15, -0.1) is 0 Å². The predicted octanol–water partition coefficient (Wildman–Crippen LogP) is 3.30. The molecule has 0 saturated carbocycles. The quantitative estimate of drug-likeness (QED) is 0.686. The summed E-state index contributed by atoms with van der Waals surface area (Å²) in [6.07, 6.45) is 8.92. The third kappa shape index (κ3) is 5.11. The van der Waals surface area contributed by atoms with Crippen LogP contribution < -0.4 is 5.32 Å². The first-order valence-corrected chi connectivity index (χ1v) is 7.01. The highest BCUT2D eigenvalue weighted by atomic mass is 16.1. The minimum atomic E-state index is 0.474. The molecular weight excluding hydrogens is 198 g/mol. The standard InChI is InChI=1S/C14H27NO/c1-3-5-7-12(4-2)10-14(16)11-13-8-6-9-15-13/h12-13,15H,3-11H2,1-2H3. The van der Waals surface area contributed by atoms with E-state index >= 15 is 0 Å². The van der Waals surface area contributed by atoms with Crippen molar-refractivity contribution in [2.24, 2.45) is 5.92 Å². The Labute approximate surface area is 100 Å². The Kier molecular flexibility index (Phi) is 6.70. The summed E-state index contributed by atoms with van der Waals surface area (Å²) in [7, 11) is 0. The van der Waals surface area contributed by atoms with Crippen molar-refractivity contribution in [3.63, 3.8) is 0 Å². The second kappa shape index (κ2) is 7.83. The smallest absolute Gasteiger partial charge is 0.134 e. The summed E-state index contributed by atoms with van der Waals surface area (Å²) in [6, 6.07) is 0.483. The number of carbonyl (C=O) groups excluding carboxylic acids is 1. The average molecular weight is 225 g/mol. The van der Waals surface area contributed by atoms with E-state index in [4.69, 9.17) is 0 Å². The molecule has 94 valence electrons. The summed E-state index contributed by atoms with van der Waals surface area (Å²) in [4.78, 5) is 11.9. The average Bonchev–Trinajstić information content (AvgIpc) is 2.76. The van der Waals surface area contributed by atoms with Crippen molar-refractivity contribution in [3.05, 3.63) is 0 Å². The zero-order valence-corrected chi connectivity index (χ0v) is 10.9. The van der Waals surface area contributed by atoms with E-state index in [1.807, 2.05) is 0 Å². The van der Waals surface area contributed by atoms with Crippen LogP contribution in [0.2, 0.25) is 0 Å². The van der Waals surface area contributed by atoms with Gasteiger partial charge in [0.1, 0.15) is 5.78 Å². The molecule has 0 aromatic carbocycles. The van der Waals surface area contributed by atoms with E-state index in [1.54, 1.807) is 0 Å². The van der Waals surface area contributed by atoms with Crippen molar-refractivity contribution < 1.29 is 4.79 Å². The van der Waals surface area contributed by atoms with Gasteiger partial charge in [0.2, 0.25) is 0 Å². The van der Waals surface area contributed by atoms with Crippen LogP contribution >= 0.6 is 0 Å². The van der Waals surface area contributed by atoms with Gasteiger partial charge in [-0.25, -0.2) is 0 Å². The van der Waals surface area contributed by atoms with Gasteiger partial charge in [-0.05, 0) is 25.3 Å². The van der Waals surface area contributed by atoms with Crippen LogP contribution in [-0.4, -0.2) is 18.4 Å². The minimum absolute atomic E-state index is 0.474. The summed E-state index contributed by atoms with van der Waals surface area (Å²) < 4.78 is 0. The fraction of sp³-hybridized carbons (Fsp3) is 0.929. The maximum atomic E-state index is 11.9. The number of hydrogen-bond donors (Lipinski definition) is 1. The molecule has 0 bridgehead atoms. The highest BCUT2D eigenvalue weighted by molar-refractivity contribution is 5.79. The van der Waals surface area contributed by atoms with Gasteiger partial charge in [-0.3, -0.25) is 4.79 Å². The van der Waals surface area contributed by atoms with Crippen molar-refractivity contribution in [3.8, 4) is 0 Å². The molecule has 1 fully saturated rings. The van der Waals surface area contributed by atoms with Gasteiger partial charge in [-0.2, -0.15) is 0 Å². The first-order chi connectivity index (χ1) is 7.76. The summed E-state index contributed by atoms with van der Waals surface area (Å²) in [5, 5.41) is 3.40. The van der Waals surface area contributed by atoms with Crippen molar-refractivity contribution in [1.82, 2.24) is 5.32 Å². The first kappa shape index (κ1) is 13.7. The molecule has 0 aliphatic carbocycles. The first-order valence-electron chi connectivity index (χ1n) is 7.01. The fourth-order valence-electron chi connectivity index (χ4n) is 2.55. The number of rotatable bonds is 8. The van der Waals surface area contributed by atoms with Crippen LogP contribution in [0.4, 0.5) is 0 Å². The van der Waals surface area contributed by atoms with E-state index in [9.17, 15) is 4.79 Å². The minimum Gasteiger partial charge on any atom is -0.314 e. The van der Waals surface area contributed by atoms with E-state index in [0.717, 1.165) is 25.8 Å². The van der Waals surface area contributed by atoms with Crippen LogP contribution in [0.3, 0.4) is 0 Å². The van der Waals surface area contributed by atoms with Crippen LogP contribution in [-0.2, 0) is 4.79 Å². The molecule has 0 spiro atoms. The third-order valence-electron chi connectivity index (χ3n) is 3.70. The zero-order chi connectivity index (χ0) is 11.8. The number of carbonyl (C=O) groups is 1. The Morgan fingerprint density at radius 2 is 2.25 bits per heavy atom. The molecule has 1 heterocycles. The van der Waals surface area contributed by atoms with Crippen LogP contribution in [0.25, 0.3) is 0 Å². The fourth-order valence-corrected chi connectivity index (χ4v) is 2.55. The van der Waals surface area contributed by atoms with Crippen molar-refractivity contribution in [1.29, 1.82) is 0 Å². The topological polar surface area (TPSA) is 29.1 Å². The number of nitrogens with one attached hydrogen (secondary N) is 1. The van der Waals surface area contributed by atoms with Gasteiger partial charge in [0, 0.05) is 18.9 Å². The monoisotopic (exact) mass is 225 g/mol. The van der Waals surface area contributed by atoms with E-state index in [-0.39, 0.29) is 0 Å². The van der Waals surface area contributed by atoms with Crippen LogP contribution in [0, 0.1) is 5.92 Å². The van der Waals surface area contributed by atoms with Gasteiger partial charge >= 0.3 is 0 Å². The Bertz CT molecular complexity index is 197. The van der Waals surface area contributed by atoms with Crippen molar-refractivity contribution in [2.75, 3.05) is 6.54 Å². The number of Topliss-reactive ketones (excluding diaryl/α,β-unsaturated/α-hetero) is 1. The lowest BCUT2D eigenvalue weighted by atomic mass is 9.92. The number of unbranched alkanes of at least 4 members (excludes halogenated alkanes) is 1. The van der Waals surface area contributed by atoms with Crippen LogP contribution in [0.5, 0.6) is 0 Å². The maximum Gasteiger partial charge on any atom is 0.134 e. The molecule has 2 atom stereocenters. The Hall–Kier alpha value is -0.370. The zero-order valence-electron chi connectivity index (χ0n) is 10.9. The summed E-state index contributed by atoms with van der Waals surface area (Å²) in [6.45, 7) is 5.53. The number of ketones is 1. The Morgan fingerprint density at radius 3 is 2.81 bits per heavy atom. The van der Waals surface area contributed by atoms with E-state index in [1.165, 1.54) is 32.1 Å². The van der Waals surface area contributed by atoms with Crippen LogP contribution in [0.15, 0.2) is 0 Å². The van der Waals surface area contributed by atoms with Gasteiger partial charge in [0.05, 0.1) is 0 Å². The van der Waals surface area contributed by atoms with Gasteiger partial charge < -0.3 is 5.32 Å². The van der Waals surface area contributed by atoms with Gasteiger partial charge in [-0.1, -0.05) is 39.5 Å². The molecule has 1 aliphatic heterocycles. The van der Waals surface area contributed by atoms with E-state index < -0.39 is 0 Å². The van der Waals surface area contributed by atoms with Gasteiger partial charge in [0.15, 0.2) is 0 Å². The molecule has 16 heavy (non-hydrogen) atoms. The third-order valence-corrected chi connectivity index (χ3v) is 3.70. The molecule has 2 heteroatoms. The lowest BCUT2D eigenvalue weighted by Gasteiger charge is -2.15. The predicted molar refractivity (Wildman–Crippen MR) is 68.6 cm³/mol. The molecule has 1 N–H and O–H groups in total. The molecule has 0 aromatic rings. The largest absolute Gasteiger partial charge is 0.314 e. The highest BCUT2D eigenvalue weighted by Crippen LogP contribution is 2.19. The summed E-state index contributed by atoms with van der Waals surface area (Å²) in [5.41, 5.74) is 0. The summed E-state index contributed by atoms with van der Waals surface area (Å²) in [5.74, 6) is 1.11. The molecule has 1 saturated heterocycles. The lowest BCUT2D eigenvalue weighted by Crippen LogP contribution is -2.25. The normalized spacial score (nSPS) is 22.2. The lowest BCUT2D eigenvalue weighted by molar-refractivity contribution is -0.120. The molecule has 0 amide bonds. The SMILES string of the molecule is CCCCC(CC)CC(=O)CC1CCCN1. The maximum absolute atomic E-state index is 11.9. The highest BCUT2D eigenvalue weighted by Gasteiger charge is 2.19. The molecular formula is C14H27NO. The molecule has 2 nitrogen and oxygen atoms in total. The van der Waals surface area contributed by atoms with E-state index in [0.29, 0.717) is 17.7 Å². The van der Waals surface area contributed by atoms with Gasteiger partial charge in [0.25, 0.3) is 0 Å². The van der Waals surface area contributed by atoms with E-state index in [2.05, 4.69) is 19.2 Å². The van der Waals surface area contributed by atoms with Crippen molar-refractivity contribution in [2.45, 2.75) is 71.3 Å². The second-order valence-corrected chi connectivity index (χ2v) is 5.16. The molecule has 1 rings (SSSR count).